The van der Waals surface area contributed by atoms with E-state index in [1.165, 1.54) is 11.3 Å². The molecular weight excluding hydrogens is 276 g/mol. The smallest absolute Gasteiger partial charge is 0.142 e. The van der Waals surface area contributed by atoms with E-state index in [1.807, 2.05) is 0 Å². The minimum atomic E-state index is 0.132. The summed E-state index contributed by atoms with van der Waals surface area (Å²) in [5.41, 5.74) is 2.62. The fraction of sp³-hybridized carbons (Fsp3) is 0.667. The summed E-state index contributed by atoms with van der Waals surface area (Å²) in [4.78, 5) is 2.41. The number of nitrogens with zero attached hydrogens (tertiary/aromatic N) is 1. The van der Waals surface area contributed by atoms with Gasteiger partial charge in [-0.15, -0.1) is 0 Å². The number of ether oxygens (including phenoxy) is 1. The largest absolute Gasteiger partial charge is 0.495 e. The van der Waals surface area contributed by atoms with Crippen molar-refractivity contribution in [2.24, 2.45) is 0 Å². The Morgan fingerprint density at radius 3 is 2.50 bits per heavy atom. The zero-order valence-electron chi connectivity index (χ0n) is 14.4. The maximum absolute atomic E-state index is 8.90. The maximum atomic E-state index is 8.90. The van der Waals surface area contributed by atoms with E-state index in [4.69, 9.17) is 9.84 Å². The van der Waals surface area contributed by atoms with Crippen LogP contribution >= 0.6 is 0 Å². The molecule has 0 unspecified atom stereocenters. The van der Waals surface area contributed by atoms with Crippen LogP contribution in [0.4, 0.5) is 5.69 Å². The van der Waals surface area contributed by atoms with Gasteiger partial charge < -0.3 is 20.1 Å². The van der Waals surface area contributed by atoms with E-state index in [9.17, 15) is 0 Å². The number of hydrogen-bond donors (Lipinski definition) is 2. The molecule has 1 fully saturated rings. The molecule has 22 heavy (non-hydrogen) atoms. The highest BCUT2D eigenvalue weighted by Gasteiger charge is 2.22. The van der Waals surface area contributed by atoms with Crippen LogP contribution in [0, 0.1) is 0 Å². The molecule has 0 spiro atoms. The number of nitrogens with one attached hydrogen (secondary N) is 1. The van der Waals surface area contributed by atoms with Gasteiger partial charge in [-0.05, 0) is 36.0 Å². The summed E-state index contributed by atoms with van der Waals surface area (Å²) in [5, 5.41) is 12.3. The van der Waals surface area contributed by atoms with Gasteiger partial charge in [-0.25, -0.2) is 0 Å². The molecule has 0 aromatic heterocycles. The number of aliphatic hydroxyl groups is 1. The number of piperidine rings is 1. The van der Waals surface area contributed by atoms with E-state index in [0.717, 1.165) is 31.7 Å². The standard InChI is InChI=1S/C18H30N2O2/c1-18(2,3)14-5-6-16(17(13-14)22-4)20-10-7-15(8-11-20)19-9-12-21/h5-6,13,15,19,21H,7-12H2,1-4H3. The monoisotopic (exact) mass is 306 g/mol. The lowest BCUT2D eigenvalue weighted by atomic mass is 9.86. The van der Waals surface area contributed by atoms with Crippen LogP contribution in [0.5, 0.6) is 5.75 Å². The van der Waals surface area contributed by atoms with Gasteiger partial charge in [-0.3, -0.25) is 0 Å². The second-order valence-electron chi connectivity index (χ2n) is 7.08. The molecule has 1 aromatic rings. The second-order valence-corrected chi connectivity index (χ2v) is 7.08. The van der Waals surface area contributed by atoms with Crippen LogP contribution in [0.2, 0.25) is 0 Å². The summed E-state index contributed by atoms with van der Waals surface area (Å²) in [6, 6.07) is 7.10. The van der Waals surface area contributed by atoms with Crippen molar-refractivity contribution in [1.29, 1.82) is 0 Å². The molecule has 0 amide bonds. The van der Waals surface area contributed by atoms with E-state index in [1.54, 1.807) is 7.11 Å². The lowest BCUT2D eigenvalue weighted by Crippen LogP contribution is -2.43. The second kappa shape index (κ2) is 7.34. The van der Waals surface area contributed by atoms with Gasteiger partial charge in [-0.1, -0.05) is 26.8 Å². The van der Waals surface area contributed by atoms with Crippen LogP contribution in [-0.4, -0.2) is 44.5 Å². The van der Waals surface area contributed by atoms with Crippen LogP contribution in [0.1, 0.15) is 39.2 Å². The quantitative estimate of drug-likeness (QED) is 0.877. The molecule has 1 aromatic carbocycles. The van der Waals surface area contributed by atoms with E-state index in [0.29, 0.717) is 12.6 Å². The molecule has 1 aliphatic heterocycles. The van der Waals surface area contributed by atoms with Crippen molar-refractivity contribution < 1.29 is 9.84 Å². The van der Waals surface area contributed by atoms with Crippen LogP contribution in [-0.2, 0) is 5.41 Å². The summed E-state index contributed by atoms with van der Waals surface area (Å²) in [5.74, 6) is 0.967. The first-order chi connectivity index (χ1) is 10.5. The molecule has 124 valence electrons. The van der Waals surface area contributed by atoms with Gasteiger partial charge in [0.25, 0.3) is 0 Å². The molecule has 0 atom stereocenters. The maximum Gasteiger partial charge on any atom is 0.142 e. The average molecular weight is 306 g/mol. The van der Waals surface area contributed by atoms with Crippen LogP contribution < -0.4 is 15.0 Å². The first-order valence-electron chi connectivity index (χ1n) is 8.23. The van der Waals surface area contributed by atoms with Gasteiger partial charge in [0, 0.05) is 25.7 Å². The number of anilines is 1. The predicted octanol–water partition coefficient (Wildman–Crippen LogP) is 2.54. The van der Waals surface area contributed by atoms with Crippen molar-refractivity contribution in [2.45, 2.75) is 45.1 Å². The van der Waals surface area contributed by atoms with E-state index in [-0.39, 0.29) is 12.0 Å². The number of methoxy groups -OCH3 is 1. The third-order valence-corrected chi connectivity index (χ3v) is 4.43. The Labute approximate surface area is 134 Å². The molecule has 0 bridgehead atoms. The van der Waals surface area contributed by atoms with Crippen molar-refractivity contribution in [3.8, 4) is 5.75 Å². The predicted molar refractivity (Wildman–Crippen MR) is 92.0 cm³/mol. The summed E-state index contributed by atoms with van der Waals surface area (Å²) in [7, 11) is 1.75. The van der Waals surface area contributed by atoms with Crippen molar-refractivity contribution in [3.63, 3.8) is 0 Å². The van der Waals surface area contributed by atoms with Crippen LogP contribution in [0.25, 0.3) is 0 Å². The molecule has 2 rings (SSSR count). The van der Waals surface area contributed by atoms with Gasteiger partial charge in [0.2, 0.25) is 0 Å². The van der Waals surface area contributed by atoms with Crippen molar-refractivity contribution in [3.05, 3.63) is 23.8 Å². The molecule has 1 heterocycles. The molecule has 4 heteroatoms. The van der Waals surface area contributed by atoms with Crippen molar-refractivity contribution in [2.75, 3.05) is 38.3 Å². The lowest BCUT2D eigenvalue weighted by Gasteiger charge is -2.35. The van der Waals surface area contributed by atoms with Crippen molar-refractivity contribution in [1.82, 2.24) is 5.32 Å². The number of hydrogen-bond acceptors (Lipinski definition) is 4. The van der Waals surface area contributed by atoms with E-state index >= 15 is 0 Å². The van der Waals surface area contributed by atoms with Gasteiger partial charge in [0.15, 0.2) is 0 Å². The fourth-order valence-electron chi connectivity index (χ4n) is 3.00. The molecule has 4 nitrogen and oxygen atoms in total. The highest BCUT2D eigenvalue weighted by atomic mass is 16.5. The highest BCUT2D eigenvalue weighted by molar-refractivity contribution is 5.60. The Bertz CT molecular complexity index is 474. The summed E-state index contributed by atoms with van der Waals surface area (Å²) >= 11 is 0. The third-order valence-electron chi connectivity index (χ3n) is 4.43. The Morgan fingerprint density at radius 1 is 1.27 bits per heavy atom. The normalized spacial score (nSPS) is 16.9. The average Bonchev–Trinajstić information content (AvgIpc) is 2.52. The van der Waals surface area contributed by atoms with Gasteiger partial charge >= 0.3 is 0 Å². The van der Waals surface area contributed by atoms with E-state index in [2.05, 4.69) is 49.2 Å². The molecule has 0 saturated carbocycles. The Kier molecular flexibility index (Phi) is 5.70. The lowest BCUT2D eigenvalue weighted by molar-refractivity contribution is 0.277. The SMILES string of the molecule is COc1cc(C(C)(C)C)ccc1N1CCC(NCCO)CC1. The minimum Gasteiger partial charge on any atom is -0.495 e. The highest BCUT2D eigenvalue weighted by Crippen LogP contribution is 2.35. The number of aliphatic hydroxyl groups excluding tert-OH is 1. The van der Waals surface area contributed by atoms with Crippen LogP contribution in [0.3, 0.4) is 0 Å². The van der Waals surface area contributed by atoms with Gasteiger partial charge in [0.1, 0.15) is 5.75 Å². The molecule has 0 radical (unpaired) electrons. The number of benzene rings is 1. The first-order valence-corrected chi connectivity index (χ1v) is 8.23. The zero-order valence-corrected chi connectivity index (χ0v) is 14.4. The Balaban J connectivity index is 2.07. The topological polar surface area (TPSA) is 44.7 Å². The molecule has 0 aliphatic carbocycles. The van der Waals surface area contributed by atoms with Crippen molar-refractivity contribution >= 4 is 5.69 Å². The number of rotatable bonds is 5. The van der Waals surface area contributed by atoms with Gasteiger partial charge in [-0.2, -0.15) is 0 Å². The van der Waals surface area contributed by atoms with Crippen LogP contribution in [0.15, 0.2) is 18.2 Å². The zero-order chi connectivity index (χ0) is 16.2. The molecular formula is C18H30N2O2. The molecule has 1 aliphatic rings. The summed E-state index contributed by atoms with van der Waals surface area (Å²) in [6.45, 7) is 9.61. The Hall–Kier alpha value is -1.26. The fourth-order valence-corrected chi connectivity index (χ4v) is 3.00. The minimum absolute atomic E-state index is 0.132. The summed E-state index contributed by atoms with van der Waals surface area (Å²) in [6.07, 6.45) is 2.20. The molecule has 2 N–H and O–H groups in total. The Morgan fingerprint density at radius 2 is 1.95 bits per heavy atom. The first kappa shape index (κ1) is 17.1. The molecule has 1 saturated heterocycles. The summed E-state index contributed by atoms with van der Waals surface area (Å²) < 4.78 is 5.64. The third kappa shape index (κ3) is 4.14. The van der Waals surface area contributed by atoms with Gasteiger partial charge in [0.05, 0.1) is 19.4 Å². The van der Waals surface area contributed by atoms with E-state index < -0.39 is 0 Å².